The van der Waals surface area contributed by atoms with E-state index in [1.807, 2.05) is 60.7 Å². The maximum Gasteiger partial charge on any atom is 0.224 e. The molecule has 0 saturated carbocycles. The average molecular weight is 603 g/mol. The molecule has 5 rings (SSSR count). The molecule has 4 N–H and O–H groups in total. The fraction of sp³-hybridized carbons (Fsp3) is 0.263. The first-order chi connectivity index (χ1) is 21.6. The molecule has 1 atom stereocenters. The monoisotopic (exact) mass is 602 g/mol. The van der Waals surface area contributed by atoms with E-state index in [1.54, 1.807) is 18.3 Å². The number of aliphatic hydroxyl groups is 1. The number of phenols is 1. The van der Waals surface area contributed by atoms with E-state index in [4.69, 9.17) is 0 Å². The first kappa shape index (κ1) is 31.7. The SMILES string of the molecule is Cc1ccc(C)n1-c1ccc([C@H](O)CNC(C)(C)Cc2cccc(CC(=O)NCc3ccc(-c4ccc(O)cc4)cc3)c2)cn1. The molecule has 0 saturated heterocycles. The highest BCUT2D eigenvalue weighted by molar-refractivity contribution is 5.78. The van der Waals surface area contributed by atoms with Crippen LogP contribution in [0.25, 0.3) is 16.9 Å². The number of amides is 1. The van der Waals surface area contributed by atoms with E-state index < -0.39 is 6.10 Å². The Kier molecular flexibility index (Phi) is 9.81. The number of hydrogen-bond donors (Lipinski definition) is 4. The lowest BCUT2D eigenvalue weighted by Crippen LogP contribution is -2.43. The summed E-state index contributed by atoms with van der Waals surface area (Å²) in [5.41, 5.74) is 7.92. The Morgan fingerprint density at radius 3 is 2.13 bits per heavy atom. The molecule has 2 aromatic heterocycles. The van der Waals surface area contributed by atoms with Gasteiger partial charge in [-0.15, -0.1) is 0 Å². The summed E-state index contributed by atoms with van der Waals surface area (Å²) in [6, 6.07) is 31.3. The lowest BCUT2D eigenvalue weighted by molar-refractivity contribution is -0.120. The van der Waals surface area contributed by atoms with Gasteiger partial charge in [0.2, 0.25) is 5.91 Å². The van der Waals surface area contributed by atoms with Crippen molar-refractivity contribution in [2.24, 2.45) is 0 Å². The highest BCUT2D eigenvalue weighted by atomic mass is 16.3. The minimum Gasteiger partial charge on any atom is -0.508 e. The van der Waals surface area contributed by atoms with Crippen LogP contribution in [0.2, 0.25) is 0 Å². The van der Waals surface area contributed by atoms with Gasteiger partial charge in [0.05, 0.1) is 12.5 Å². The molecule has 1 amide bonds. The van der Waals surface area contributed by atoms with Gasteiger partial charge in [0, 0.05) is 41.8 Å². The highest BCUT2D eigenvalue weighted by Crippen LogP contribution is 2.23. The van der Waals surface area contributed by atoms with E-state index in [1.165, 1.54) is 0 Å². The minimum atomic E-state index is -0.684. The molecule has 3 aromatic carbocycles. The number of nitrogens with zero attached hydrogens (tertiary/aromatic N) is 2. The van der Waals surface area contributed by atoms with Crippen molar-refractivity contribution in [2.45, 2.75) is 58.7 Å². The summed E-state index contributed by atoms with van der Waals surface area (Å²) in [4.78, 5) is 17.3. The van der Waals surface area contributed by atoms with Gasteiger partial charge in [-0.1, -0.05) is 66.7 Å². The van der Waals surface area contributed by atoms with Gasteiger partial charge in [-0.05, 0) is 92.3 Å². The molecule has 45 heavy (non-hydrogen) atoms. The Hall–Kier alpha value is -4.72. The third-order valence-corrected chi connectivity index (χ3v) is 8.08. The molecule has 7 heteroatoms. The van der Waals surface area contributed by atoms with Crippen LogP contribution in [0, 0.1) is 13.8 Å². The van der Waals surface area contributed by atoms with Crippen LogP contribution in [-0.4, -0.2) is 37.8 Å². The van der Waals surface area contributed by atoms with E-state index in [0.717, 1.165) is 57.0 Å². The first-order valence-corrected chi connectivity index (χ1v) is 15.3. The number of benzene rings is 3. The Morgan fingerprint density at radius 2 is 1.49 bits per heavy atom. The standard InChI is InChI=1S/C38H42N4O3/c1-26-8-9-27(2)42(26)36-19-16-33(24-39-36)35(44)25-41-38(3,4)22-30-7-5-6-29(20-30)21-37(45)40-23-28-10-12-31(13-11-28)32-14-17-34(43)18-15-32/h5-20,24,35,41,43-44H,21-23,25H2,1-4H3,(H,40,45)/t35-/m1/s1. The van der Waals surface area contributed by atoms with E-state index in [2.05, 4.69) is 72.1 Å². The van der Waals surface area contributed by atoms with Crippen LogP contribution in [0.15, 0.2) is 103 Å². The normalized spacial score (nSPS) is 12.2. The molecule has 0 spiro atoms. The molecule has 232 valence electrons. The van der Waals surface area contributed by atoms with Gasteiger partial charge >= 0.3 is 0 Å². The predicted octanol–water partition coefficient (Wildman–Crippen LogP) is 6.36. The van der Waals surface area contributed by atoms with Crippen molar-refractivity contribution < 1.29 is 15.0 Å². The van der Waals surface area contributed by atoms with E-state index >= 15 is 0 Å². The van der Waals surface area contributed by atoms with Crippen molar-refractivity contribution in [2.75, 3.05) is 6.54 Å². The van der Waals surface area contributed by atoms with Gasteiger partial charge in [0.15, 0.2) is 0 Å². The van der Waals surface area contributed by atoms with E-state index in [-0.39, 0.29) is 17.2 Å². The second-order valence-corrected chi connectivity index (χ2v) is 12.4. The van der Waals surface area contributed by atoms with Crippen LogP contribution < -0.4 is 10.6 Å². The number of aromatic nitrogens is 2. The molecule has 0 aliphatic carbocycles. The second kappa shape index (κ2) is 13.9. The van der Waals surface area contributed by atoms with Crippen LogP contribution >= 0.6 is 0 Å². The summed E-state index contributed by atoms with van der Waals surface area (Å²) in [5, 5.41) is 26.9. The number of aryl methyl sites for hydroxylation is 2. The van der Waals surface area contributed by atoms with Gasteiger partial charge in [0.1, 0.15) is 11.6 Å². The van der Waals surface area contributed by atoms with Crippen molar-refractivity contribution >= 4 is 5.91 Å². The molecule has 0 radical (unpaired) electrons. The summed E-state index contributed by atoms with van der Waals surface area (Å²) in [6.07, 6.45) is 2.11. The van der Waals surface area contributed by atoms with Crippen LogP contribution in [0.5, 0.6) is 5.75 Å². The predicted molar refractivity (Wildman–Crippen MR) is 179 cm³/mol. The Morgan fingerprint density at radius 1 is 0.844 bits per heavy atom. The summed E-state index contributed by atoms with van der Waals surface area (Å²) in [7, 11) is 0. The van der Waals surface area contributed by atoms with Crippen LogP contribution in [0.4, 0.5) is 0 Å². The zero-order chi connectivity index (χ0) is 32.0. The van der Waals surface area contributed by atoms with E-state index in [9.17, 15) is 15.0 Å². The number of rotatable bonds is 12. The third kappa shape index (κ3) is 8.47. The van der Waals surface area contributed by atoms with Crippen molar-refractivity contribution in [1.82, 2.24) is 20.2 Å². The molecule has 0 fully saturated rings. The number of pyridine rings is 1. The average Bonchev–Trinajstić information content (AvgIpc) is 3.37. The number of aromatic hydroxyl groups is 1. The lowest BCUT2D eigenvalue weighted by atomic mass is 9.93. The Balaban J connectivity index is 1.10. The number of aliphatic hydroxyl groups excluding tert-OH is 1. The molecule has 7 nitrogen and oxygen atoms in total. The maximum atomic E-state index is 12.8. The molecular formula is C38H42N4O3. The molecule has 0 aliphatic rings. The van der Waals surface area contributed by atoms with Crippen molar-refractivity contribution in [3.63, 3.8) is 0 Å². The summed E-state index contributed by atoms with van der Waals surface area (Å²) in [5.74, 6) is 1.05. The third-order valence-electron chi connectivity index (χ3n) is 8.08. The van der Waals surface area contributed by atoms with Crippen molar-refractivity contribution in [1.29, 1.82) is 0 Å². The molecular weight excluding hydrogens is 560 g/mol. The lowest BCUT2D eigenvalue weighted by Gasteiger charge is -2.28. The number of phenolic OH excluding ortho intramolecular Hbond substituents is 1. The van der Waals surface area contributed by atoms with Gasteiger partial charge in [-0.25, -0.2) is 4.98 Å². The molecule has 5 aromatic rings. The van der Waals surface area contributed by atoms with Crippen LogP contribution in [-0.2, 0) is 24.2 Å². The number of carbonyl (C=O) groups excluding carboxylic acids is 1. The van der Waals surface area contributed by atoms with Gasteiger partial charge in [-0.2, -0.15) is 0 Å². The smallest absolute Gasteiger partial charge is 0.224 e. The van der Waals surface area contributed by atoms with Crippen LogP contribution in [0.1, 0.15) is 53.6 Å². The Bertz CT molecular complexity index is 1700. The van der Waals surface area contributed by atoms with Crippen molar-refractivity contribution in [3.8, 4) is 22.7 Å². The molecule has 0 bridgehead atoms. The summed E-state index contributed by atoms with van der Waals surface area (Å²) in [6.45, 7) is 9.19. The number of β-amino-alcohol motifs (C(OH)–C–C–N with tert-alkyl or cyclic N) is 1. The summed E-state index contributed by atoms with van der Waals surface area (Å²) < 4.78 is 2.09. The molecule has 0 unspecified atom stereocenters. The summed E-state index contributed by atoms with van der Waals surface area (Å²) >= 11 is 0. The largest absolute Gasteiger partial charge is 0.508 e. The zero-order valence-electron chi connectivity index (χ0n) is 26.4. The van der Waals surface area contributed by atoms with Gasteiger partial charge in [0.25, 0.3) is 0 Å². The first-order valence-electron chi connectivity index (χ1n) is 15.3. The number of carbonyl (C=O) groups is 1. The number of nitrogens with one attached hydrogen (secondary N) is 2. The molecule has 0 aliphatic heterocycles. The molecule has 2 heterocycles. The minimum absolute atomic E-state index is 0.0306. The van der Waals surface area contributed by atoms with E-state index in [0.29, 0.717) is 19.5 Å². The fourth-order valence-corrected chi connectivity index (χ4v) is 5.59. The van der Waals surface area contributed by atoms with Crippen molar-refractivity contribution in [3.05, 3.63) is 137 Å². The highest BCUT2D eigenvalue weighted by Gasteiger charge is 2.20. The maximum absolute atomic E-state index is 12.8. The Labute approximate surface area is 265 Å². The topological polar surface area (TPSA) is 99.4 Å². The fourth-order valence-electron chi connectivity index (χ4n) is 5.59. The quantitative estimate of drug-likeness (QED) is 0.133. The van der Waals surface area contributed by atoms with Gasteiger partial charge in [-0.3, -0.25) is 4.79 Å². The number of hydrogen-bond acceptors (Lipinski definition) is 5. The zero-order valence-corrected chi connectivity index (χ0v) is 26.4. The van der Waals surface area contributed by atoms with Crippen LogP contribution in [0.3, 0.4) is 0 Å². The second-order valence-electron chi connectivity index (χ2n) is 12.4. The van der Waals surface area contributed by atoms with Gasteiger partial charge < -0.3 is 25.4 Å².